The van der Waals surface area contributed by atoms with E-state index in [1.165, 1.54) is 12.1 Å². The van der Waals surface area contributed by atoms with Gasteiger partial charge in [0.05, 0.1) is 0 Å². The number of nitrogens with one attached hydrogen (secondary N) is 2. The van der Waals surface area contributed by atoms with Gasteiger partial charge in [0.15, 0.2) is 15.6 Å². The van der Waals surface area contributed by atoms with Crippen LogP contribution in [0.1, 0.15) is 16.8 Å². The summed E-state index contributed by atoms with van der Waals surface area (Å²) in [6.45, 7) is 0. The number of Topliss-reactive ketones (excluding diaryl/α,β-unsaturated/α-hetero) is 1. The van der Waals surface area contributed by atoms with E-state index in [2.05, 4.69) is 10.9 Å². The van der Waals surface area contributed by atoms with Crippen LogP contribution in [0.15, 0.2) is 24.3 Å². The average molecular weight is 303 g/mol. The second-order valence-corrected chi connectivity index (χ2v) is 6.74. The number of hydrogen-bond donors (Lipinski definition) is 2. The fourth-order valence-electron chi connectivity index (χ4n) is 1.67. The Bertz CT molecular complexity index is 612. The molecule has 1 atom stereocenters. The first kappa shape index (κ1) is 14.0. The van der Waals surface area contributed by atoms with E-state index in [1.807, 2.05) is 0 Å². The highest BCUT2D eigenvalue weighted by Gasteiger charge is 2.34. The van der Waals surface area contributed by atoms with Gasteiger partial charge in [-0.1, -0.05) is 11.6 Å². The molecule has 6 nitrogen and oxygen atoms in total. The van der Waals surface area contributed by atoms with Gasteiger partial charge in [-0.2, -0.15) is 0 Å². The van der Waals surface area contributed by atoms with E-state index >= 15 is 0 Å². The molecule has 2 rings (SSSR count). The Kier molecular flexibility index (Phi) is 3.88. The van der Waals surface area contributed by atoms with Gasteiger partial charge < -0.3 is 0 Å². The molecule has 1 unspecified atom stereocenters. The summed E-state index contributed by atoms with van der Waals surface area (Å²) in [7, 11) is -3.65. The van der Waals surface area contributed by atoms with Crippen LogP contribution in [0, 0.1) is 0 Å². The van der Waals surface area contributed by atoms with Crippen LogP contribution < -0.4 is 10.9 Å². The number of rotatable bonds is 3. The molecular weight excluding hydrogens is 292 g/mol. The highest BCUT2D eigenvalue weighted by Crippen LogP contribution is 2.14. The second-order valence-electron chi connectivity index (χ2n) is 4.12. The minimum Gasteiger partial charge on any atom is -0.294 e. The van der Waals surface area contributed by atoms with Gasteiger partial charge in [0, 0.05) is 17.0 Å². The Morgan fingerprint density at radius 2 is 1.95 bits per heavy atom. The summed E-state index contributed by atoms with van der Waals surface area (Å²) in [6.07, 6.45) is -0.246. The minimum atomic E-state index is -3.65. The number of hydrogen-bond acceptors (Lipinski definition) is 5. The summed E-state index contributed by atoms with van der Waals surface area (Å²) in [6, 6.07) is 6.16. The molecule has 2 N–H and O–H groups in total. The molecule has 0 aromatic heterocycles. The zero-order valence-corrected chi connectivity index (χ0v) is 11.3. The lowest BCUT2D eigenvalue weighted by Gasteiger charge is -2.23. The topological polar surface area (TPSA) is 92.3 Å². The summed E-state index contributed by atoms with van der Waals surface area (Å²) < 4.78 is 23.4. The number of carbonyl (C=O) groups excluding carboxylic acids is 2. The fourth-order valence-corrected chi connectivity index (χ4v) is 3.08. The third-order valence-corrected chi connectivity index (χ3v) is 4.74. The Morgan fingerprint density at radius 1 is 1.32 bits per heavy atom. The molecule has 1 amide bonds. The van der Waals surface area contributed by atoms with Crippen LogP contribution in [-0.2, 0) is 14.6 Å². The normalized spacial score (nSPS) is 21.7. The zero-order chi connectivity index (χ0) is 14.0. The number of halogens is 1. The summed E-state index contributed by atoms with van der Waals surface area (Å²) in [4.78, 5) is 22.9. The van der Waals surface area contributed by atoms with Gasteiger partial charge in [-0.15, -0.1) is 0 Å². The maximum absolute atomic E-state index is 11.9. The summed E-state index contributed by atoms with van der Waals surface area (Å²) in [5.41, 5.74) is 4.92. The van der Waals surface area contributed by atoms with Crippen LogP contribution in [0.2, 0.25) is 5.02 Å². The lowest BCUT2D eigenvalue weighted by atomic mass is 10.1. The first-order valence-electron chi connectivity index (χ1n) is 5.43. The Balaban J connectivity index is 2.11. The van der Waals surface area contributed by atoms with Gasteiger partial charge in [0.1, 0.15) is 11.1 Å². The Labute approximate surface area is 115 Å². The Morgan fingerprint density at radius 3 is 2.53 bits per heavy atom. The van der Waals surface area contributed by atoms with E-state index in [0.717, 1.165) is 0 Å². The molecule has 1 heterocycles. The quantitative estimate of drug-likeness (QED) is 0.783. The van der Waals surface area contributed by atoms with E-state index < -0.39 is 26.9 Å². The Hall–Kier alpha value is -1.44. The van der Waals surface area contributed by atoms with Crippen LogP contribution in [-0.4, -0.2) is 31.2 Å². The fraction of sp³-hybridized carbons (Fsp3) is 0.273. The number of ketones is 1. The van der Waals surface area contributed by atoms with Crippen LogP contribution in [0.3, 0.4) is 0 Å². The molecule has 0 saturated carbocycles. The SMILES string of the molecule is O=C1CS(=O)(=O)C(CC(=O)c2ccc(Cl)cc2)NN1. The molecule has 102 valence electrons. The van der Waals surface area contributed by atoms with Gasteiger partial charge in [-0.3, -0.25) is 15.0 Å². The molecule has 8 heteroatoms. The highest BCUT2D eigenvalue weighted by atomic mass is 35.5. The minimum absolute atomic E-state index is 0.246. The van der Waals surface area contributed by atoms with Gasteiger partial charge >= 0.3 is 0 Å². The molecule has 0 bridgehead atoms. The molecule has 1 aromatic rings. The van der Waals surface area contributed by atoms with Crippen molar-refractivity contribution in [1.82, 2.24) is 10.9 Å². The van der Waals surface area contributed by atoms with Crippen LogP contribution >= 0.6 is 11.6 Å². The van der Waals surface area contributed by atoms with Gasteiger partial charge in [-0.05, 0) is 24.3 Å². The lowest BCUT2D eigenvalue weighted by Crippen LogP contribution is -2.57. The van der Waals surface area contributed by atoms with E-state index in [1.54, 1.807) is 12.1 Å². The van der Waals surface area contributed by atoms with Crippen molar-refractivity contribution < 1.29 is 18.0 Å². The van der Waals surface area contributed by atoms with E-state index in [9.17, 15) is 18.0 Å². The standard InChI is InChI=1S/C11H11ClN2O4S/c12-8-3-1-7(2-4-8)9(15)5-11-14-13-10(16)6-19(11,17)18/h1-4,11,14H,5-6H2,(H,13,16). The number of sulfone groups is 1. The van der Waals surface area contributed by atoms with Crippen LogP contribution in [0.5, 0.6) is 0 Å². The monoisotopic (exact) mass is 302 g/mol. The zero-order valence-electron chi connectivity index (χ0n) is 9.72. The maximum Gasteiger partial charge on any atom is 0.249 e. The smallest absolute Gasteiger partial charge is 0.249 e. The van der Waals surface area contributed by atoms with Crippen molar-refractivity contribution in [2.75, 3.05) is 5.75 Å². The molecule has 1 saturated heterocycles. The number of carbonyl (C=O) groups is 2. The lowest BCUT2D eigenvalue weighted by molar-refractivity contribution is -0.120. The van der Waals surface area contributed by atoms with Crippen molar-refractivity contribution in [1.29, 1.82) is 0 Å². The summed E-state index contributed by atoms with van der Waals surface area (Å²) in [5.74, 6) is -1.58. The van der Waals surface area contributed by atoms with Crippen LogP contribution in [0.4, 0.5) is 0 Å². The number of amides is 1. The first-order valence-corrected chi connectivity index (χ1v) is 7.52. The van der Waals surface area contributed by atoms with Gasteiger partial charge in [0.25, 0.3) is 0 Å². The van der Waals surface area contributed by atoms with Crippen molar-refractivity contribution in [3.05, 3.63) is 34.9 Å². The summed E-state index contributed by atoms with van der Waals surface area (Å²) >= 11 is 5.70. The van der Waals surface area contributed by atoms with Crippen molar-refractivity contribution in [2.24, 2.45) is 0 Å². The van der Waals surface area contributed by atoms with Crippen molar-refractivity contribution in [2.45, 2.75) is 11.8 Å². The van der Waals surface area contributed by atoms with Crippen molar-refractivity contribution >= 4 is 33.1 Å². The predicted molar refractivity (Wildman–Crippen MR) is 69.3 cm³/mol. The molecule has 1 aliphatic rings. The summed E-state index contributed by atoms with van der Waals surface area (Å²) in [5, 5.41) is -0.611. The van der Waals surface area contributed by atoms with Crippen molar-refractivity contribution in [3.8, 4) is 0 Å². The predicted octanol–water partition coefficient (Wildman–Crippen LogP) is 0.288. The van der Waals surface area contributed by atoms with Crippen molar-refractivity contribution in [3.63, 3.8) is 0 Å². The molecule has 1 aromatic carbocycles. The first-order chi connectivity index (χ1) is 8.88. The second kappa shape index (κ2) is 5.28. The number of hydrazine groups is 1. The molecule has 0 radical (unpaired) electrons. The number of benzene rings is 1. The third-order valence-electron chi connectivity index (χ3n) is 2.68. The molecule has 0 aliphatic carbocycles. The average Bonchev–Trinajstić information content (AvgIpc) is 2.33. The highest BCUT2D eigenvalue weighted by molar-refractivity contribution is 7.92. The van der Waals surface area contributed by atoms with Crippen LogP contribution in [0.25, 0.3) is 0 Å². The molecule has 0 spiro atoms. The van der Waals surface area contributed by atoms with Gasteiger partial charge in [-0.25, -0.2) is 13.8 Å². The molecule has 19 heavy (non-hydrogen) atoms. The van der Waals surface area contributed by atoms with E-state index in [-0.39, 0.29) is 12.2 Å². The maximum atomic E-state index is 11.9. The molecule has 1 fully saturated rings. The molecular formula is C11H11ClN2O4S. The third kappa shape index (κ3) is 3.31. The largest absolute Gasteiger partial charge is 0.294 e. The van der Waals surface area contributed by atoms with Gasteiger partial charge in [0.2, 0.25) is 5.91 Å². The van der Waals surface area contributed by atoms with E-state index in [0.29, 0.717) is 10.6 Å². The van der Waals surface area contributed by atoms with E-state index in [4.69, 9.17) is 11.6 Å². The molecule has 1 aliphatic heterocycles.